The van der Waals surface area contributed by atoms with Gasteiger partial charge in [-0.2, -0.15) is 0 Å². The number of unbranched alkanes of at least 4 members (excludes halogenated alkanes) is 47. The number of hydrogen-bond acceptors (Lipinski definition) is 5. The highest BCUT2D eigenvalue weighted by molar-refractivity contribution is 5.76. The van der Waals surface area contributed by atoms with Crippen LogP contribution in [0.25, 0.3) is 0 Å². The number of carbonyl (C=O) groups excluding carboxylic acids is 2. The van der Waals surface area contributed by atoms with Crippen molar-refractivity contribution in [2.24, 2.45) is 0 Å². The summed E-state index contributed by atoms with van der Waals surface area (Å²) < 4.78 is 5.47. The van der Waals surface area contributed by atoms with E-state index in [1.807, 2.05) is 6.08 Å². The highest BCUT2D eigenvalue weighted by Crippen LogP contribution is 2.18. The Balaban J connectivity index is 3.51. The second-order valence-corrected chi connectivity index (χ2v) is 23.5. The largest absolute Gasteiger partial charge is 0.466 e. The van der Waals surface area contributed by atoms with E-state index in [-0.39, 0.29) is 18.5 Å². The molecule has 0 aromatic carbocycles. The Hall–Kier alpha value is -2.18. The fourth-order valence-corrected chi connectivity index (χ4v) is 10.5. The highest BCUT2D eigenvalue weighted by Gasteiger charge is 2.18. The average Bonchev–Trinajstić information content (AvgIpc) is 3.43. The SMILES string of the molecule is CCCCCCCCC/C=C\CCCCCCCCCC(=O)OCCCCC/C=C\C/C=C\CCCCCCCCCC(=O)NC(CO)C(O)/C=C/CCCCCCCCCCCCCCCCCCCCCCCCC. The van der Waals surface area contributed by atoms with Crippen LogP contribution in [0.4, 0.5) is 0 Å². The van der Waals surface area contributed by atoms with Crippen LogP contribution < -0.4 is 5.32 Å². The van der Waals surface area contributed by atoms with Crippen LogP contribution in [0, 0.1) is 0 Å². The first-order chi connectivity index (χ1) is 38.0. The monoisotopic (exact) mass is 1080 g/mol. The first-order valence-electron chi connectivity index (χ1n) is 34.4. The summed E-state index contributed by atoms with van der Waals surface area (Å²) in [5, 5.41) is 23.2. The number of esters is 1. The zero-order chi connectivity index (χ0) is 55.7. The van der Waals surface area contributed by atoms with E-state index in [4.69, 9.17) is 4.74 Å². The van der Waals surface area contributed by atoms with Gasteiger partial charge in [-0.15, -0.1) is 0 Å². The van der Waals surface area contributed by atoms with Gasteiger partial charge in [0.2, 0.25) is 5.91 Å². The highest BCUT2D eigenvalue weighted by atomic mass is 16.5. The fourth-order valence-electron chi connectivity index (χ4n) is 10.5. The molecule has 0 heterocycles. The molecule has 0 aliphatic rings. The number of allylic oxidation sites excluding steroid dienone is 7. The van der Waals surface area contributed by atoms with E-state index in [1.54, 1.807) is 6.08 Å². The minimum Gasteiger partial charge on any atom is -0.466 e. The molecule has 0 aromatic rings. The second kappa shape index (κ2) is 66.3. The summed E-state index contributed by atoms with van der Waals surface area (Å²) in [6.07, 6.45) is 86.0. The molecule has 6 nitrogen and oxygen atoms in total. The maximum Gasteiger partial charge on any atom is 0.305 e. The summed E-state index contributed by atoms with van der Waals surface area (Å²) in [5.41, 5.74) is 0. The number of rotatable bonds is 64. The molecule has 0 aliphatic carbocycles. The number of amides is 1. The van der Waals surface area contributed by atoms with Crippen molar-refractivity contribution >= 4 is 11.9 Å². The molecule has 2 atom stereocenters. The smallest absolute Gasteiger partial charge is 0.305 e. The van der Waals surface area contributed by atoms with Crippen molar-refractivity contribution < 1.29 is 24.5 Å². The van der Waals surface area contributed by atoms with Crippen LogP contribution >= 0.6 is 0 Å². The topological polar surface area (TPSA) is 95.9 Å². The molecule has 0 bridgehead atoms. The summed E-state index contributed by atoms with van der Waals surface area (Å²) >= 11 is 0. The minimum absolute atomic E-state index is 0.0189. The molecule has 452 valence electrons. The van der Waals surface area contributed by atoms with Crippen LogP contribution in [0.3, 0.4) is 0 Å². The van der Waals surface area contributed by atoms with E-state index in [0.717, 1.165) is 83.5 Å². The maximum atomic E-state index is 12.5. The lowest BCUT2D eigenvalue weighted by molar-refractivity contribution is -0.143. The normalized spacial score (nSPS) is 12.8. The zero-order valence-electron chi connectivity index (χ0n) is 51.7. The van der Waals surface area contributed by atoms with E-state index >= 15 is 0 Å². The molecule has 0 radical (unpaired) electrons. The second-order valence-electron chi connectivity index (χ2n) is 23.5. The quantitative estimate of drug-likeness (QED) is 0.0320. The summed E-state index contributed by atoms with van der Waals surface area (Å²) in [4.78, 5) is 24.6. The Labute approximate surface area is 480 Å². The summed E-state index contributed by atoms with van der Waals surface area (Å²) in [5.74, 6) is -0.100. The third-order valence-corrected chi connectivity index (χ3v) is 15.8. The van der Waals surface area contributed by atoms with E-state index in [0.29, 0.717) is 19.4 Å². The van der Waals surface area contributed by atoms with Gasteiger partial charge in [0.25, 0.3) is 0 Å². The standard InChI is InChI=1S/C71H133NO5/c1-3-5-7-9-11-13-15-17-19-21-23-24-25-26-27-28-29-31-35-39-43-47-51-55-59-63-69(74)68(67-73)72-70(75)64-60-56-52-48-44-40-36-32-30-34-38-42-46-50-54-58-62-66-77-71(76)65-61-57-53-49-45-41-37-33-22-20-18-16-14-12-10-8-6-4-2/h20,22,30,34,42,46,59,63,68-69,73-74H,3-19,21,23-29,31-33,35-41,43-45,47-58,60-62,64-67H2,1-2H3,(H,72,75)/b22-20-,34-30-,46-42-,63-59+. The van der Waals surface area contributed by atoms with Crippen molar-refractivity contribution in [1.82, 2.24) is 5.32 Å². The van der Waals surface area contributed by atoms with Gasteiger partial charge in [-0.3, -0.25) is 9.59 Å². The molecule has 77 heavy (non-hydrogen) atoms. The van der Waals surface area contributed by atoms with Gasteiger partial charge in [-0.1, -0.05) is 306 Å². The predicted octanol–water partition coefficient (Wildman–Crippen LogP) is 22.1. The fraction of sp³-hybridized carbons (Fsp3) is 0.859. The summed E-state index contributed by atoms with van der Waals surface area (Å²) in [6, 6.07) is -0.643. The molecule has 0 fully saturated rings. The Kier molecular flexibility index (Phi) is 64.5. The third-order valence-electron chi connectivity index (χ3n) is 15.8. The average molecular weight is 1080 g/mol. The molecule has 0 saturated heterocycles. The molecule has 0 saturated carbocycles. The summed E-state index contributed by atoms with van der Waals surface area (Å²) in [6.45, 7) is 4.88. The van der Waals surface area contributed by atoms with Gasteiger partial charge in [-0.05, 0) is 96.3 Å². The van der Waals surface area contributed by atoms with E-state index in [1.165, 1.54) is 257 Å². The number of carbonyl (C=O) groups is 2. The lowest BCUT2D eigenvalue weighted by Crippen LogP contribution is -2.45. The van der Waals surface area contributed by atoms with Crippen molar-refractivity contribution in [2.75, 3.05) is 13.2 Å². The number of ether oxygens (including phenoxy) is 1. The number of aliphatic hydroxyl groups is 2. The van der Waals surface area contributed by atoms with Crippen LogP contribution in [0.5, 0.6) is 0 Å². The Bertz CT molecular complexity index is 1290. The molecule has 0 spiro atoms. The van der Waals surface area contributed by atoms with Crippen molar-refractivity contribution in [2.45, 2.75) is 379 Å². The van der Waals surface area contributed by atoms with E-state index in [9.17, 15) is 19.8 Å². The molecule has 0 aliphatic heterocycles. The number of nitrogens with one attached hydrogen (secondary N) is 1. The van der Waals surface area contributed by atoms with Gasteiger partial charge in [0.05, 0.1) is 25.4 Å². The van der Waals surface area contributed by atoms with Gasteiger partial charge >= 0.3 is 5.97 Å². The Morgan fingerprint density at radius 3 is 1.00 bits per heavy atom. The van der Waals surface area contributed by atoms with Gasteiger partial charge in [0.1, 0.15) is 0 Å². The molecule has 3 N–H and O–H groups in total. The molecule has 0 rings (SSSR count). The third kappa shape index (κ3) is 62.9. The van der Waals surface area contributed by atoms with Crippen LogP contribution in [-0.2, 0) is 14.3 Å². The maximum absolute atomic E-state index is 12.5. The zero-order valence-corrected chi connectivity index (χ0v) is 51.7. The van der Waals surface area contributed by atoms with Gasteiger partial charge in [0, 0.05) is 12.8 Å². The molecule has 0 aromatic heterocycles. The van der Waals surface area contributed by atoms with Crippen LogP contribution in [-0.4, -0.2) is 47.4 Å². The Morgan fingerprint density at radius 2 is 0.649 bits per heavy atom. The van der Waals surface area contributed by atoms with Crippen LogP contribution in [0.2, 0.25) is 0 Å². The Morgan fingerprint density at radius 1 is 0.364 bits per heavy atom. The van der Waals surface area contributed by atoms with Crippen molar-refractivity contribution in [3.05, 3.63) is 48.6 Å². The van der Waals surface area contributed by atoms with Crippen LogP contribution in [0.1, 0.15) is 367 Å². The molecule has 2 unspecified atom stereocenters. The number of aliphatic hydroxyl groups excluding tert-OH is 2. The van der Waals surface area contributed by atoms with Gasteiger partial charge < -0.3 is 20.3 Å². The van der Waals surface area contributed by atoms with E-state index in [2.05, 4.69) is 55.6 Å². The van der Waals surface area contributed by atoms with Crippen molar-refractivity contribution in [1.29, 1.82) is 0 Å². The van der Waals surface area contributed by atoms with Crippen molar-refractivity contribution in [3.63, 3.8) is 0 Å². The lowest BCUT2D eigenvalue weighted by Gasteiger charge is -2.20. The molecular formula is C71H133NO5. The molecule has 6 heteroatoms. The van der Waals surface area contributed by atoms with E-state index < -0.39 is 12.1 Å². The summed E-state index contributed by atoms with van der Waals surface area (Å²) in [7, 11) is 0. The molecule has 1 amide bonds. The first-order valence-corrected chi connectivity index (χ1v) is 34.4. The minimum atomic E-state index is -0.858. The predicted molar refractivity (Wildman–Crippen MR) is 338 cm³/mol. The lowest BCUT2D eigenvalue weighted by atomic mass is 10.0. The number of hydrogen-bond donors (Lipinski definition) is 3. The van der Waals surface area contributed by atoms with Gasteiger partial charge in [-0.25, -0.2) is 0 Å². The van der Waals surface area contributed by atoms with Crippen molar-refractivity contribution in [3.8, 4) is 0 Å². The van der Waals surface area contributed by atoms with Gasteiger partial charge in [0.15, 0.2) is 0 Å². The van der Waals surface area contributed by atoms with Crippen LogP contribution in [0.15, 0.2) is 48.6 Å². The molecular weight excluding hydrogens is 947 g/mol. The first kappa shape index (κ1) is 74.8.